The molecule has 7 heteroatoms. The van der Waals surface area contributed by atoms with Gasteiger partial charge in [-0.05, 0) is 12.1 Å². The molecule has 1 heterocycles. The Bertz CT molecular complexity index is 422. The van der Waals surface area contributed by atoms with Crippen molar-refractivity contribution < 1.29 is 35.0 Å². The number of benzene rings is 1. The number of phenols is 1. The highest BCUT2D eigenvalue weighted by Crippen LogP contribution is 2.25. The Balaban J connectivity index is 2.10. The van der Waals surface area contributed by atoms with Crippen LogP contribution in [-0.2, 0) is 4.74 Å². The molecule has 1 aliphatic rings. The highest BCUT2D eigenvalue weighted by atomic mass is 16.7. The van der Waals surface area contributed by atoms with E-state index in [-0.39, 0.29) is 11.5 Å². The lowest BCUT2D eigenvalue weighted by atomic mass is 9.99. The van der Waals surface area contributed by atoms with E-state index in [1.807, 2.05) is 0 Å². The van der Waals surface area contributed by atoms with Crippen LogP contribution in [0, 0.1) is 0 Å². The van der Waals surface area contributed by atoms with Crippen molar-refractivity contribution in [1.29, 1.82) is 0 Å². The second-order valence-corrected chi connectivity index (χ2v) is 4.31. The van der Waals surface area contributed by atoms with Crippen LogP contribution in [0.4, 0.5) is 0 Å². The Morgan fingerprint density at radius 1 is 1.11 bits per heavy atom. The summed E-state index contributed by atoms with van der Waals surface area (Å²) in [5.74, 6) is 0.200. The first-order chi connectivity index (χ1) is 9.02. The Labute approximate surface area is 109 Å². The summed E-state index contributed by atoms with van der Waals surface area (Å²) in [7, 11) is 0. The molecule has 0 aromatic heterocycles. The van der Waals surface area contributed by atoms with Crippen molar-refractivity contribution in [3.8, 4) is 11.5 Å². The highest BCUT2D eigenvalue weighted by Gasteiger charge is 2.44. The molecular formula is C12H16O7. The summed E-state index contributed by atoms with van der Waals surface area (Å²) in [6, 6.07) is 5.82. The Morgan fingerprint density at radius 3 is 2.47 bits per heavy atom. The quantitative estimate of drug-likeness (QED) is 0.457. The molecule has 1 aromatic carbocycles. The van der Waals surface area contributed by atoms with Crippen molar-refractivity contribution in [3.05, 3.63) is 24.3 Å². The van der Waals surface area contributed by atoms with Crippen LogP contribution in [0.5, 0.6) is 11.5 Å². The summed E-state index contributed by atoms with van der Waals surface area (Å²) >= 11 is 0. The molecule has 5 atom stereocenters. The maximum atomic E-state index is 9.75. The van der Waals surface area contributed by atoms with Gasteiger partial charge in [0, 0.05) is 6.07 Å². The molecule has 1 fully saturated rings. The first-order valence-corrected chi connectivity index (χ1v) is 5.79. The second kappa shape index (κ2) is 5.72. The van der Waals surface area contributed by atoms with Crippen LogP contribution >= 0.6 is 0 Å². The normalized spacial score (nSPS) is 35.1. The summed E-state index contributed by atoms with van der Waals surface area (Å²) in [4.78, 5) is 0. The summed E-state index contributed by atoms with van der Waals surface area (Å²) in [5.41, 5.74) is 0. The van der Waals surface area contributed by atoms with E-state index in [1.165, 1.54) is 24.3 Å². The van der Waals surface area contributed by atoms with Crippen LogP contribution < -0.4 is 4.74 Å². The van der Waals surface area contributed by atoms with Crippen molar-refractivity contribution in [2.45, 2.75) is 30.7 Å². The number of ether oxygens (including phenoxy) is 2. The third kappa shape index (κ3) is 2.96. The van der Waals surface area contributed by atoms with Gasteiger partial charge in [-0.15, -0.1) is 0 Å². The van der Waals surface area contributed by atoms with Crippen molar-refractivity contribution in [2.24, 2.45) is 0 Å². The number of phenolic OH excluding ortho intramolecular Hbond substituents is 1. The molecule has 1 aromatic rings. The van der Waals surface area contributed by atoms with Crippen molar-refractivity contribution in [1.82, 2.24) is 0 Å². The molecule has 0 aliphatic carbocycles. The van der Waals surface area contributed by atoms with E-state index in [2.05, 4.69) is 0 Å². The molecule has 19 heavy (non-hydrogen) atoms. The third-order valence-electron chi connectivity index (χ3n) is 2.92. The molecule has 0 unspecified atom stereocenters. The van der Waals surface area contributed by atoms with Crippen molar-refractivity contribution in [3.63, 3.8) is 0 Å². The van der Waals surface area contributed by atoms with Gasteiger partial charge in [0.1, 0.15) is 35.9 Å². The van der Waals surface area contributed by atoms with E-state index in [9.17, 15) is 20.4 Å². The van der Waals surface area contributed by atoms with Gasteiger partial charge < -0.3 is 35.0 Å². The molecular weight excluding hydrogens is 256 g/mol. The topological polar surface area (TPSA) is 120 Å². The second-order valence-electron chi connectivity index (χ2n) is 4.31. The number of hydrogen-bond donors (Lipinski definition) is 5. The van der Waals surface area contributed by atoms with E-state index >= 15 is 0 Å². The predicted octanol–water partition coefficient (Wildman–Crippen LogP) is -1.43. The Kier molecular flexibility index (Phi) is 4.23. The van der Waals surface area contributed by atoms with Crippen LogP contribution in [0.2, 0.25) is 0 Å². The van der Waals surface area contributed by atoms with Gasteiger partial charge in [0.25, 0.3) is 0 Å². The van der Waals surface area contributed by atoms with Gasteiger partial charge in [0.2, 0.25) is 6.29 Å². The van der Waals surface area contributed by atoms with Crippen LogP contribution in [0.25, 0.3) is 0 Å². The monoisotopic (exact) mass is 272 g/mol. The van der Waals surface area contributed by atoms with Crippen LogP contribution in [-0.4, -0.2) is 62.8 Å². The van der Waals surface area contributed by atoms with E-state index in [0.717, 1.165) is 0 Å². The van der Waals surface area contributed by atoms with Gasteiger partial charge in [0.05, 0.1) is 6.61 Å². The predicted molar refractivity (Wildman–Crippen MR) is 62.5 cm³/mol. The van der Waals surface area contributed by atoms with E-state index in [1.54, 1.807) is 0 Å². The van der Waals surface area contributed by atoms with E-state index in [4.69, 9.17) is 14.6 Å². The van der Waals surface area contributed by atoms with E-state index in [0.29, 0.717) is 0 Å². The van der Waals surface area contributed by atoms with Crippen molar-refractivity contribution >= 4 is 0 Å². The number of aliphatic hydroxyl groups is 4. The summed E-state index contributed by atoms with van der Waals surface area (Å²) in [6.45, 7) is -0.523. The summed E-state index contributed by atoms with van der Waals surface area (Å²) in [5, 5.41) is 47.2. The minimum atomic E-state index is -1.49. The largest absolute Gasteiger partial charge is 0.508 e. The SMILES string of the molecule is OC[C@H]1O[C@@H](Oc2cccc(O)c2)[C@H](O)[C@@H](O)[C@@H]1O. The number of aromatic hydroxyl groups is 1. The molecule has 0 bridgehead atoms. The maximum Gasteiger partial charge on any atom is 0.229 e. The van der Waals surface area contributed by atoms with Crippen LogP contribution in [0.1, 0.15) is 0 Å². The fourth-order valence-electron chi connectivity index (χ4n) is 1.86. The zero-order valence-electron chi connectivity index (χ0n) is 9.96. The summed E-state index contributed by atoms with van der Waals surface area (Å²) in [6.07, 6.45) is -6.67. The molecule has 0 amide bonds. The molecule has 1 saturated heterocycles. The van der Waals surface area contributed by atoms with Gasteiger partial charge >= 0.3 is 0 Å². The molecule has 2 rings (SSSR count). The molecule has 7 nitrogen and oxygen atoms in total. The number of rotatable bonds is 3. The first kappa shape index (κ1) is 14.0. The van der Waals surface area contributed by atoms with Crippen LogP contribution in [0.3, 0.4) is 0 Å². The lowest BCUT2D eigenvalue weighted by Crippen LogP contribution is -2.60. The molecule has 0 radical (unpaired) electrons. The smallest absolute Gasteiger partial charge is 0.229 e. The number of hydrogen-bond acceptors (Lipinski definition) is 7. The molecule has 5 N–H and O–H groups in total. The fourth-order valence-corrected chi connectivity index (χ4v) is 1.86. The minimum Gasteiger partial charge on any atom is -0.508 e. The third-order valence-corrected chi connectivity index (χ3v) is 2.92. The van der Waals surface area contributed by atoms with Gasteiger partial charge in [0.15, 0.2) is 0 Å². The first-order valence-electron chi connectivity index (χ1n) is 5.79. The minimum absolute atomic E-state index is 0.0258. The highest BCUT2D eigenvalue weighted by molar-refractivity contribution is 5.31. The van der Waals surface area contributed by atoms with Crippen LogP contribution in [0.15, 0.2) is 24.3 Å². The standard InChI is InChI=1S/C12H16O7/c13-5-8-9(15)10(16)11(17)12(19-8)18-7-3-1-2-6(14)4-7/h1-4,8-17H,5H2/t8-,9-,10+,11-,12-/m1/s1. The zero-order valence-corrected chi connectivity index (χ0v) is 9.96. The molecule has 0 saturated carbocycles. The van der Waals surface area contributed by atoms with Crippen molar-refractivity contribution in [2.75, 3.05) is 6.61 Å². The number of aliphatic hydroxyl groups excluding tert-OH is 4. The van der Waals surface area contributed by atoms with E-state index < -0.39 is 37.3 Å². The maximum absolute atomic E-state index is 9.75. The average Bonchev–Trinajstić information content (AvgIpc) is 2.39. The lowest BCUT2D eigenvalue weighted by molar-refractivity contribution is -0.277. The van der Waals surface area contributed by atoms with Gasteiger partial charge in [-0.3, -0.25) is 0 Å². The lowest BCUT2D eigenvalue weighted by Gasteiger charge is -2.39. The molecule has 106 valence electrons. The average molecular weight is 272 g/mol. The van der Waals surface area contributed by atoms with Gasteiger partial charge in [-0.1, -0.05) is 6.07 Å². The van der Waals surface area contributed by atoms with Gasteiger partial charge in [-0.2, -0.15) is 0 Å². The Morgan fingerprint density at radius 2 is 1.84 bits per heavy atom. The Hall–Kier alpha value is -1.38. The molecule has 1 aliphatic heterocycles. The molecule has 0 spiro atoms. The fraction of sp³-hybridized carbons (Fsp3) is 0.500. The summed E-state index contributed by atoms with van der Waals surface area (Å²) < 4.78 is 10.4. The van der Waals surface area contributed by atoms with Gasteiger partial charge in [-0.25, -0.2) is 0 Å². The zero-order chi connectivity index (χ0) is 14.0.